The number of ether oxygens (including phenoxy) is 1. The molecule has 1 heterocycles. The van der Waals surface area contributed by atoms with Crippen LogP contribution in [0.25, 0.3) is 0 Å². The van der Waals surface area contributed by atoms with Crippen molar-refractivity contribution in [2.45, 2.75) is 16.8 Å². The second kappa shape index (κ2) is 5.47. The van der Waals surface area contributed by atoms with E-state index in [4.69, 9.17) is 4.74 Å². The number of hydrogen-bond donors (Lipinski definition) is 0. The van der Waals surface area contributed by atoms with Gasteiger partial charge >= 0.3 is 0 Å². The summed E-state index contributed by atoms with van der Waals surface area (Å²) in [5.74, 6) is 1.01. The van der Waals surface area contributed by atoms with Crippen molar-refractivity contribution in [3.63, 3.8) is 0 Å². The van der Waals surface area contributed by atoms with Crippen LogP contribution in [0, 0.1) is 0 Å². The fraction of sp³-hybridized carbons (Fsp3) is 0.200. The molecule has 18 heavy (non-hydrogen) atoms. The lowest BCUT2D eigenvalue weighted by molar-refractivity contribution is 0.123. The van der Waals surface area contributed by atoms with E-state index in [-0.39, 0.29) is 6.10 Å². The van der Waals surface area contributed by atoms with Crippen molar-refractivity contribution in [1.82, 2.24) is 0 Å². The Labute approximate surface area is 120 Å². The van der Waals surface area contributed by atoms with Gasteiger partial charge in [-0.3, -0.25) is 0 Å². The standard InChI is InChI=1S/C15H13BrOS/c16-10-17-15-12-6-2-1-5-11(12)9-18-14-8-4-3-7-13(14)15/h1-8,15H,9-10H2. The maximum Gasteiger partial charge on any atom is 0.110 e. The first-order valence-electron chi connectivity index (χ1n) is 5.87. The number of halogens is 1. The van der Waals surface area contributed by atoms with Crippen LogP contribution in [0.5, 0.6) is 0 Å². The minimum Gasteiger partial charge on any atom is -0.358 e. The highest BCUT2D eigenvalue weighted by Crippen LogP contribution is 2.41. The molecule has 1 aliphatic heterocycles. The van der Waals surface area contributed by atoms with E-state index in [1.54, 1.807) is 0 Å². The molecule has 0 N–H and O–H groups in total. The number of rotatable bonds is 2. The minimum atomic E-state index is 0.0341. The van der Waals surface area contributed by atoms with Gasteiger partial charge in [0.15, 0.2) is 0 Å². The number of thioether (sulfide) groups is 1. The summed E-state index contributed by atoms with van der Waals surface area (Å²) in [6, 6.07) is 17.1. The van der Waals surface area contributed by atoms with E-state index in [1.165, 1.54) is 21.6 Å². The fourth-order valence-electron chi connectivity index (χ4n) is 2.32. The molecule has 0 radical (unpaired) electrons. The van der Waals surface area contributed by atoms with Gasteiger partial charge in [-0.2, -0.15) is 0 Å². The lowest BCUT2D eigenvalue weighted by Crippen LogP contribution is -2.06. The van der Waals surface area contributed by atoms with Gasteiger partial charge in [0.05, 0.1) is 0 Å². The molecule has 0 spiro atoms. The van der Waals surface area contributed by atoms with Gasteiger partial charge in [0.1, 0.15) is 11.6 Å². The molecular formula is C15H13BrOS. The molecule has 0 aromatic heterocycles. The quantitative estimate of drug-likeness (QED) is 0.738. The smallest absolute Gasteiger partial charge is 0.110 e. The highest BCUT2D eigenvalue weighted by molar-refractivity contribution is 9.09. The van der Waals surface area contributed by atoms with Crippen molar-refractivity contribution in [2.24, 2.45) is 0 Å². The van der Waals surface area contributed by atoms with Crippen LogP contribution in [0.1, 0.15) is 22.8 Å². The first kappa shape index (κ1) is 12.3. The van der Waals surface area contributed by atoms with Crippen LogP contribution in [0.4, 0.5) is 0 Å². The van der Waals surface area contributed by atoms with Gasteiger partial charge in [0.25, 0.3) is 0 Å². The van der Waals surface area contributed by atoms with E-state index in [0.717, 1.165) is 5.75 Å². The molecule has 1 aliphatic rings. The summed E-state index contributed by atoms with van der Waals surface area (Å²) in [7, 11) is 0. The van der Waals surface area contributed by atoms with E-state index in [1.807, 2.05) is 11.8 Å². The summed E-state index contributed by atoms with van der Waals surface area (Å²) in [6.07, 6.45) is 0.0341. The highest BCUT2D eigenvalue weighted by Gasteiger charge is 2.23. The Morgan fingerprint density at radius 2 is 1.78 bits per heavy atom. The van der Waals surface area contributed by atoms with Crippen LogP contribution in [0.2, 0.25) is 0 Å². The molecule has 2 aromatic rings. The molecule has 0 fully saturated rings. The van der Waals surface area contributed by atoms with Crippen molar-refractivity contribution in [3.8, 4) is 0 Å². The molecule has 1 atom stereocenters. The van der Waals surface area contributed by atoms with Gasteiger partial charge < -0.3 is 4.74 Å². The molecule has 0 bridgehead atoms. The van der Waals surface area contributed by atoms with Gasteiger partial charge in [0, 0.05) is 10.6 Å². The SMILES string of the molecule is BrCOC1c2ccccc2CSc2ccccc21. The van der Waals surface area contributed by atoms with E-state index in [0.29, 0.717) is 5.52 Å². The van der Waals surface area contributed by atoms with Gasteiger partial charge in [-0.05, 0) is 22.8 Å². The Morgan fingerprint density at radius 1 is 1.06 bits per heavy atom. The third-order valence-electron chi connectivity index (χ3n) is 3.15. The number of fused-ring (bicyclic) bond motifs is 2. The van der Waals surface area contributed by atoms with Crippen LogP contribution in [-0.2, 0) is 10.5 Å². The Hall–Kier alpha value is -0.770. The normalized spacial score (nSPS) is 17.7. The third-order valence-corrected chi connectivity index (χ3v) is 4.55. The topological polar surface area (TPSA) is 9.23 Å². The van der Waals surface area contributed by atoms with Crippen molar-refractivity contribution in [2.75, 3.05) is 5.52 Å². The summed E-state index contributed by atoms with van der Waals surface area (Å²) < 4.78 is 5.92. The van der Waals surface area contributed by atoms with Crippen LogP contribution in [-0.4, -0.2) is 5.52 Å². The highest BCUT2D eigenvalue weighted by atomic mass is 79.9. The zero-order chi connectivity index (χ0) is 12.4. The van der Waals surface area contributed by atoms with E-state index in [2.05, 4.69) is 64.5 Å². The average molecular weight is 321 g/mol. The van der Waals surface area contributed by atoms with Gasteiger partial charge in [0.2, 0.25) is 0 Å². The van der Waals surface area contributed by atoms with Crippen molar-refractivity contribution in [1.29, 1.82) is 0 Å². The fourth-order valence-corrected chi connectivity index (χ4v) is 3.67. The number of alkyl halides is 1. The molecule has 1 unspecified atom stereocenters. The molecular weight excluding hydrogens is 308 g/mol. The molecule has 1 nitrogen and oxygen atoms in total. The molecule has 92 valence electrons. The number of benzene rings is 2. The van der Waals surface area contributed by atoms with Gasteiger partial charge in [-0.1, -0.05) is 58.4 Å². The van der Waals surface area contributed by atoms with Crippen molar-refractivity contribution < 1.29 is 4.74 Å². The molecule has 0 aliphatic carbocycles. The predicted octanol–water partition coefficient (Wildman–Crippen LogP) is 4.75. The largest absolute Gasteiger partial charge is 0.358 e. The summed E-state index contributed by atoms with van der Waals surface area (Å²) in [5, 5.41) is 0. The molecule has 2 aromatic carbocycles. The Kier molecular flexibility index (Phi) is 3.73. The second-order valence-electron chi connectivity index (χ2n) is 4.18. The monoisotopic (exact) mass is 320 g/mol. The van der Waals surface area contributed by atoms with Crippen LogP contribution in [0.3, 0.4) is 0 Å². The maximum atomic E-state index is 5.92. The zero-order valence-electron chi connectivity index (χ0n) is 9.80. The first-order valence-corrected chi connectivity index (χ1v) is 7.98. The molecule has 0 amide bonds. The molecule has 3 heteroatoms. The Balaban J connectivity index is 2.15. The predicted molar refractivity (Wildman–Crippen MR) is 79.2 cm³/mol. The van der Waals surface area contributed by atoms with Gasteiger partial charge in [-0.25, -0.2) is 0 Å². The van der Waals surface area contributed by atoms with Crippen LogP contribution < -0.4 is 0 Å². The summed E-state index contributed by atoms with van der Waals surface area (Å²) in [6.45, 7) is 0. The first-order chi connectivity index (χ1) is 8.90. The Morgan fingerprint density at radius 3 is 2.61 bits per heavy atom. The van der Waals surface area contributed by atoms with E-state index >= 15 is 0 Å². The second-order valence-corrected chi connectivity index (χ2v) is 5.66. The van der Waals surface area contributed by atoms with Crippen LogP contribution >= 0.6 is 27.7 Å². The van der Waals surface area contributed by atoms with Crippen molar-refractivity contribution in [3.05, 3.63) is 65.2 Å². The third kappa shape index (κ3) is 2.22. The van der Waals surface area contributed by atoms with E-state index < -0.39 is 0 Å². The summed E-state index contributed by atoms with van der Waals surface area (Å²) >= 11 is 5.27. The van der Waals surface area contributed by atoms with Crippen LogP contribution in [0.15, 0.2) is 53.4 Å². The average Bonchev–Trinajstić information content (AvgIpc) is 2.58. The molecule has 0 saturated carbocycles. The molecule has 3 rings (SSSR count). The maximum absolute atomic E-state index is 5.92. The lowest BCUT2D eigenvalue weighted by Gasteiger charge is -2.19. The van der Waals surface area contributed by atoms with E-state index in [9.17, 15) is 0 Å². The Bertz CT molecular complexity index is 508. The summed E-state index contributed by atoms with van der Waals surface area (Å²) in [4.78, 5) is 1.32. The molecule has 0 saturated heterocycles. The minimum absolute atomic E-state index is 0.0341. The van der Waals surface area contributed by atoms with Crippen molar-refractivity contribution >= 4 is 27.7 Å². The summed E-state index contributed by atoms with van der Waals surface area (Å²) in [5.41, 5.74) is 4.47. The lowest BCUT2D eigenvalue weighted by atomic mass is 9.97. The zero-order valence-corrected chi connectivity index (χ0v) is 12.2. The number of hydrogen-bond acceptors (Lipinski definition) is 2. The van der Waals surface area contributed by atoms with Gasteiger partial charge in [-0.15, -0.1) is 11.8 Å².